The molecule has 0 bridgehead atoms. The Labute approximate surface area is 184 Å². The van der Waals surface area contributed by atoms with Crippen molar-refractivity contribution in [2.75, 3.05) is 31.1 Å². The Balaban J connectivity index is 1.36. The lowest BCUT2D eigenvalue weighted by Crippen LogP contribution is -2.45. The van der Waals surface area contributed by atoms with Gasteiger partial charge in [-0.15, -0.1) is 11.3 Å². The summed E-state index contributed by atoms with van der Waals surface area (Å²) < 4.78 is 6.23. The molecule has 1 amide bonds. The number of aromatic nitrogens is 2. The van der Waals surface area contributed by atoms with Gasteiger partial charge in [0, 0.05) is 37.2 Å². The molecule has 7 nitrogen and oxygen atoms in total. The van der Waals surface area contributed by atoms with Crippen molar-refractivity contribution in [2.24, 2.45) is 5.92 Å². The smallest absolute Gasteiger partial charge is 0.270 e. The Morgan fingerprint density at radius 1 is 1.26 bits per heavy atom. The van der Waals surface area contributed by atoms with E-state index in [9.17, 15) is 9.59 Å². The van der Waals surface area contributed by atoms with Crippen LogP contribution >= 0.6 is 11.3 Å². The Bertz CT molecular complexity index is 1120. The molecule has 5 rings (SSSR count). The molecule has 31 heavy (non-hydrogen) atoms. The number of ether oxygens (including phenoxy) is 1. The number of fused-ring (bicyclic) bond motifs is 1. The van der Waals surface area contributed by atoms with E-state index in [-0.39, 0.29) is 23.5 Å². The van der Waals surface area contributed by atoms with E-state index >= 15 is 0 Å². The molecule has 2 aliphatic heterocycles. The zero-order valence-electron chi connectivity index (χ0n) is 17.3. The average Bonchev–Trinajstić information content (AvgIpc) is 3.48. The van der Waals surface area contributed by atoms with Crippen LogP contribution in [-0.2, 0) is 9.53 Å². The summed E-state index contributed by atoms with van der Waals surface area (Å²) in [5, 5.41) is 5.04. The van der Waals surface area contributed by atoms with E-state index in [0.717, 1.165) is 55.5 Å². The fourth-order valence-electron chi connectivity index (χ4n) is 4.44. The van der Waals surface area contributed by atoms with Crippen LogP contribution in [0.2, 0.25) is 0 Å². The number of amides is 1. The van der Waals surface area contributed by atoms with E-state index < -0.39 is 0 Å². The Morgan fingerprint density at radius 3 is 2.94 bits per heavy atom. The summed E-state index contributed by atoms with van der Waals surface area (Å²) in [7, 11) is 0. The molecule has 2 N–H and O–H groups in total. The van der Waals surface area contributed by atoms with Crippen molar-refractivity contribution in [2.45, 2.75) is 31.8 Å². The number of benzene rings is 1. The first-order chi connectivity index (χ1) is 15.2. The summed E-state index contributed by atoms with van der Waals surface area (Å²) >= 11 is 1.41. The minimum absolute atomic E-state index is 0.0594. The van der Waals surface area contributed by atoms with Crippen LogP contribution < -0.4 is 15.8 Å². The third-order valence-electron chi connectivity index (χ3n) is 6.12. The number of hydrogen-bond acceptors (Lipinski definition) is 6. The molecule has 2 fully saturated rings. The molecule has 4 heterocycles. The molecule has 3 aromatic rings. The van der Waals surface area contributed by atoms with Gasteiger partial charge in [-0.2, -0.15) is 0 Å². The van der Waals surface area contributed by atoms with Crippen LogP contribution in [0.3, 0.4) is 0 Å². The maximum Gasteiger partial charge on any atom is 0.270 e. The zero-order chi connectivity index (χ0) is 21.2. The second-order valence-electron chi connectivity index (χ2n) is 8.25. The van der Waals surface area contributed by atoms with Gasteiger partial charge in [0.25, 0.3) is 5.56 Å². The lowest BCUT2D eigenvalue weighted by atomic mass is 9.97. The number of rotatable bonds is 5. The van der Waals surface area contributed by atoms with Gasteiger partial charge in [-0.05, 0) is 31.2 Å². The Hall–Kier alpha value is -2.71. The van der Waals surface area contributed by atoms with E-state index in [1.807, 2.05) is 40.6 Å². The number of nitrogens with zero attached hydrogens (tertiary/aromatic N) is 2. The molecule has 0 unspecified atom stereocenters. The van der Waals surface area contributed by atoms with Crippen LogP contribution in [0, 0.1) is 5.92 Å². The monoisotopic (exact) mass is 438 g/mol. The van der Waals surface area contributed by atoms with E-state index in [4.69, 9.17) is 9.72 Å². The number of carbonyl (C=O) groups excluding carboxylic acids is 1. The number of nitrogens with one attached hydrogen (secondary N) is 2. The van der Waals surface area contributed by atoms with Crippen LogP contribution in [0.25, 0.3) is 21.3 Å². The molecule has 0 saturated carbocycles. The molecule has 2 aliphatic rings. The maximum absolute atomic E-state index is 12.7. The lowest BCUT2D eigenvalue weighted by Gasteiger charge is -2.32. The highest BCUT2D eigenvalue weighted by Crippen LogP contribution is 2.32. The van der Waals surface area contributed by atoms with Crippen molar-refractivity contribution in [1.29, 1.82) is 0 Å². The summed E-state index contributed by atoms with van der Waals surface area (Å²) in [6, 6.07) is 9.99. The third kappa shape index (κ3) is 4.22. The van der Waals surface area contributed by atoms with Crippen LogP contribution in [0.5, 0.6) is 0 Å². The molecular formula is C23H26N4O3S. The molecule has 2 atom stereocenters. The Morgan fingerprint density at radius 2 is 2.13 bits per heavy atom. The summed E-state index contributed by atoms with van der Waals surface area (Å²) in [6.45, 7) is 2.68. The van der Waals surface area contributed by atoms with Crippen molar-refractivity contribution in [3.63, 3.8) is 0 Å². The fourth-order valence-corrected chi connectivity index (χ4v) is 5.34. The molecule has 162 valence electrons. The maximum atomic E-state index is 12.7. The minimum atomic E-state index is -0.128. The number of thiophene rings is 1. The summed E-state index contributed by atoms with van der Waals surface area (Å²) in [6.07, 6.45) is 3.93. The highest BCUT2D eigenvalue weighted by Gasteiger charge is 2.28. The summed E-state index contributed by atoms with van der Waals surface area (Å²) in [4.78, 5) is 35.3. The third-order valence-corrected chi connectivity index (χ3v) is 7.09. The highest BCUT2D eigenvalue weighted by atomic mass is 32.1. The standard InChI is InChI=1S/C23H26N4O3S/c28-21(24-12-17-9-5-11-30-17)16-8-4-10-27(13-16)23-25-19-18(15-6-2-1-3-7-15)14-31-20(19)22(29)26-23/h1-3,6-7,14,16-17H,4-5,8-13H2,(H,24,28)(H,25,26,29)/t16-,17-/m1/s1. The largest absolute Gasteiger partial charge is 0.376 e. The predicted molar refractivity (Wildman–Crippen MR) is 123 cm³/mol. The van der Waals surface area contributed by atoms with E-state index in [1.165, 1.54) is 11.3 Å². The van der Waals surface area contributed by atoms with Crippen molar-refractivity contribution in [3.8, 4) is 11.1 Å². The number of hydrogen-bond donors (Lipinski definition) is 2. The number of carbonyl (C=O) groups is 1. The minimum Gasteiger partial charge on any atom is -0.376 e. The van der Waals surface area contributed by atoms with Crippen molar-refractivity contribution < 1.29 is 9.53 Å². The number of piperidine rings is 1. The quantitative estimate of drug-likeness (QED) is 0.639. The zero-order valence-corrected chi connectivity index (χ0v) is 18.1. The first-order valence-electron chi connectivity index (χ1n) is 10.9. The van der Waals surface area contributed by atoms with Crippen LogP contribution in [0.15, 0.2) is 40.5 Å². The van der Waals surface area contributed by atoms with Crippen molar-refractivity contribution in [1.82, 2.24) is 15.3 Å². The molecule has 0 spiro atoms. The molecule has 2 saturated heterocycles. The second kappa shape index (κ2) is 8.80. The molecule has 0 aliphatic carbocycles. The van der Waals surface area contributed by atoms with Gasteiger partial charge < -0.3 is 15.0 Å². The van der Waals surface area contributed by atoms with Gasteiger partial charge in [0.1, 0.15) is 4.70 Å². The van der Waals surface area contributed by atoms with Gasteiger partial charge in [0.2, 0.25) is 11.9 Å². The van der Waals surface area contributed by atoms with Crippen LogP contribution in [-0.4, -0.2) is 48.2 Å². The van der Waals surface area contributed by atoms with Crippen molar-refractivity contribution in [3.05, 3.63) is 46.1 Å². The van der Waals surface area contributed by atoms with Crippen molar-refractivity contribution >= 4 is 33.4 Å². The van der Waals surface area contributed by atoms with Crippen LogP contribution in [0.4, 0.5) is 5.95 Å². The van der Waals surface area contributed by atoms with Gasteiger partial charge in [-0.25, -0.2) is 4.98 Å². The molecule has 1 aromatic carbocycles. The van der Waals surface area contributed by atoms with Gasteiger partial charge in [0.05, 0.1) is 17.5 Å². The first kappa shape index (κ1) is 20.2. The fraction of sp³-hybridized carbons (Fsp3) is 0.435. The van der Waals surface area contributed by atoms with E-state index in [1.54, 1.807) is 0 Å². The van der Waals surface area contributed by atoms with Gasteiger partial charge >= 0.3 is 0 Å². The molecule has 0 radical (unpaired) electrons. The molecule has 2 aromatic heterocycles. The number of aromatic amines is 1. The number of H-pyrrole nitrogens is 1. The molecular weight excluding hydrogens is 412 g/mol. The topological polar surface area (TPSA) is 87.3 Å². The summed E-state index contributed by atoms with van der Waals surface area (Å²) in [5.74, 6) is 0.487. The SMILES string of the molecule is O=C(NC[C@H]1CCCO1)[C@@H]1CCCN(c2nc3c(-c4ccccc4)csc3c(=O)[nH]2)C1. The lowest BCUT2D eigenvalue weighted by molar-refractivity contribution is -0.125. The van der Waals surface area contributed by atoms with E-state index in [2.05, 4.69) is 10.3 Å². The van der Waals surface area contributed by atoms with Gasteiger partial charge in [0.15, 0.2) is 0 Å². The average molecular weight is 439 g/mol. The summed E-state index contributed by atoms with van der Waals surface area (Å²) in [5.41, 5.74) is 2.61. The molecule has 8 heteroatoms. The normalized spacial score (nSPS) is 21.5. The second-order valence-corrected chi connectivity index (χ2v) is 9.13. The predicted octanol–water partition coefficient (Wildman–Crippen LogP) is 3.16. The van der Waals surface area contributed by atoms with Gasteiger partial charge in [-0.1, -0.05) is 30.3 Å². The van der Waals surface area contributed by atoms with Gasteiger partial charge in [-0.3, -0.25) is 14.6 Å². The highest BCUT2D eigenvalue weighted by molar-refractivity contribution is 7.17. The number of anilines is 1. The van der Waals surface area contributed by atoms with E-state index in [0.29, 0.717) is 23.7 Å². The first-order valence-corrected chi connectivity index (χ1v) is 11.8. The van der Waals surface area contributed by atoms with Crippen LogP contribution in [0.1, 0.15) is 25.7 Å². The Kier molecular flexibility index (Phi) is 5.74.